The Kier molecular flexibility index (Phi) is 102. The van der Waals surface area contributed by atoms with Crippen molar-refractivity contribution in [3.05, 3.63) is 0 Å². The van der Waals surface area contributed by atoms with Gasteiger partial charge in [-0.15, -0.1) is 0 Å². The first-order chi connectivity index (χ1) is 1.00. The van der Waals surface area contributed by atoms with E-state index in [2.05, 4.69) is 8.65 Å². The van der Waals surface area contributed by atoms with E-state index in [0.717, 1.165) is 23.7 Å². The Labute approximate surface area is 54.2 Å². The van der Waals surface area contributed by atoms with Gasteiger partial charge in [0.25, 0.3) is 0 Å². The van der Waals surface area contributed by atoms with Crippen LogP contribution in [-0.4, -0.2) is 5.48 Å². The Morgan fingerprint density at radius 1 is 1.25 bits per heavy atom. The topological polar surface area (TPSA) is 31.5 Å². The standard InChI is InChI=1S/Cd.Co.H2O.S/h;;1H2;. The molecule has 0 bridgehead atoms. The van der Waals surface area contributed by atoms with Crippen LogP contribution in [0.5, 0.6) is 0 Å². The molecule has 0 atom stereocenters. The van der Waals surface area contributed by atoms with E-state index in [1.165, 1.54) is 0 Å². The van der Waals surface area contributed by atoms with E-state index in [1.54, 1.807) is 0 Å². The Bertz CT molecular complexity index is 8.00. The maximum absolute atomic E-state index is 4.25. The van der Waals surface area contributed by atoms with Crippen LogP contribution in [0.1, 0.15) is 0 Å². The Hall–Kier alpha value is 1.61. The number of hydrogen-bond donors (Lipinski definition) is 0. The molecule has 0 aromatic rings. The minimum atomic E-state index is 0. The molecule has 0 aliphatic carbocycles. The summed E-state index contributed by atoms with van der Waals surface area (Å²) in [5, 5.41) is 0. The summed E-state index contributed by atoms with van der Waals surface area (Å²) in [6.45, 7) is 0. The molecule has 1 nitrogen and oxygen atoms in total. The zero-order valence-electron chi connectivity index (χ0n) is 1.95. The van der Waals surface area contributed by atoms with Crippen molar-refractivity contribution in [1.82, 2.24) is 0 Å². The fourth-order valence-electron chi connectivity index (χ4n) is 0. The second-order valence-corrected chi connectivity index (χ2v) is 0. The molecule has 4 heteroatoms. The van der Waals surface area contributed by atoms with Gasteiger partial charge in [-0.25, -0.2) is 0 Å². The molecular weight excluding hydrogens is 219 g/mol. The SMILES string of the molecule is O.[Co].[S]=[Cd]. The van der Waals surface area contributed by atoms with Crippen molar-refractivity contribution in [1.29, 1.82) is 0 Å². The third kappa shape index (κ3) is 9.49. The zero-order chi connectivity index (χ0) is 2.00. The minimum absolute atomic E-state index is 0. The molecule has 0 spiro atoms. The Balaban J connectivity index is -0.00000000500. The van der Waals surface area contributed by atoms with Crippen molar-refractivity contribution in [3.8, 4) is 0 Å². The molecule has 25 valence electrons. The third-order valence-electron chi connectivity index (χ3n) is 0. The monoisotopic (exact) mass is 223 g/mol. The van der Waals surface area contributed by atoms with Gasteiger partial charge in [0.1, 0.15) is 0 Å². The first kappa shape index (κ1) is 17.5. The average Bonchev–Trinajstić information content (AvgIpc) is 1.00. The Morgan fingerprint density at radius 3 is 1.25 bits per heavy atom. The molecule has 1 radical (unpaired) electrons. The summed E-state index contributed by atoms with van der Waals surface area (Å²) in [6.07, 6.45) is 0. The third-order valence-corrected chi connectivity index (χ3v) is 0. The predicted molar refractivity (Wildman–Crippen MR) is 11.2 cm³/mol. The molecule has 0 amide bonds. The van der Waals surface area contributed by atoms with Gasteiger partial charge in [0.15, 0.2) is 0 Å². The van der Waals surface area contributed by atoms with Crippen molar-refractivity contribution < 1.29 is 45.9 Å². The van der Waals surface area contributed by atoms with E-state index in [0.29, 0.717) is 0 Å². The summed E-state index contributed by atoms with van der Waals surface area (Å²) in [5.74, 6) is 0. The van der Waals surface area contributed by atoms with Crippen LogP contribution < -0.4 is 0 Å². The van der Waals surface area contributed by atoms with Gasteiger partial charge in [-0.2, -0.15) is 0 Å². The first-order valence-electron chi connectivity index (χ1n) is 0.289. The van der Waals surface area contributed by atoms with E-state index >= 15 is 0 Å². The average molecular weight is 221 g/mol. The second-order valence-electron chi connectivity index (χ2n) is 0. The zero-order valence-corrected chi connectivity index (χ0v) is 7.84. The van der Waals surface area contributed by atoms with Gasteiger partial charge in [-0.3, -0.25) is 0 Å². The molecule has 0 rings (SSSR count). The molecule has 0 fully saturated rings. The van der Waals surface area contributed by atoms with E-state index < -0.39 is 0 Å². The van der Waals surface area contributed by atoms with E-state index in [-0.39, 0.29) is 22.3 Å². The van der Waals surface area contributed by atoms with Gasteiger partial charge < -0.3 is 5.48 Å². The number of rotatable bonds is 0. The van der Waals surface area contributed by atoms with E-state index in [1.807, 2.05) is 0 Å². The summed E-state index contributed by atoms with van der Waals surface area (Å²) in [6, 6.07) is 0. The molecule has 0 aliphatic heterocycles. The van der Waals surface area contributed by atoms with Crippen molar-refractivity contribution in [2.24, 2.45) is 0 Å². The quantitative estimate of drug-likeness (QED) is 0.522. The summed E-state index contributed by atoms with van der Waals surface area (Å²) in [7, 11) is 4.25. The first-order valence-corrected chi connectivity index (χ1v) is 5.81. The molecule has 0 unspecified atom stereocenters. The van der Waals surface area contributed by atoms with Crippen LogP contribution in [0.15, 0.2) is 0 Å². The molecular formula is H2CdCoOS. The van der Waals surface area contributed by atoms with Crippen LogP contribution in [0.25, 0.3) is 0 Å². The van der Waals surface area contributed by atoms with Crippen LogP contribution in [0.3, 0.4) is 0 Å². The van der Waals surface area contributed by atoms with Gasteiger partial charge in [-0.1, -0.05) is 0 Å². The molecule has 0 heterocycles. The van der Waals surface area contributed by atoms with Gasteiger partial charge >= 0.3 is 32.3 Å². The summed E-state index contributed by atoms with van der Waals surface area (Å²) >= 11 is 0.733. The molecule has 0 aliphatic rings. The van der Waals surface area contributed by atoms with Crippen molar-refractivity contribution in [2.45, 2.75) is 0 Å². The van der Waals surface area contributed by atoms with Gasteiger partial charge in [0.05, 0.1) is 0 Å². The normalized spacial score (nSPS) is 1.50. The maximum atomic E-state index is 4.25. The van der Waals surface area contributed by atoms with E-state index in [9.17, 15) is 0 Å². The van der Waals surface area contributed by atoms with Crippen LogP contribution >= 0.6 is 8.65 Å². The molecule has 4 heavy (non-hydrogen) atoms. The molecule has 0 aromatic carbocycles. The van der Waals surface area contributed by atoms with Crippen molar-refractivity contribution in [3.63, 3.8) is 0 Å². The molecule has 0 saturated heterocycles. The van der Waals surface area contributed by atoms with Crippen LogP contribution in [0.2, 0.25) is 0 Å². The van der Waals surface area contributed by atoms with Crippen LogP contribution in [0.4, 0.5) is 0 Å². The van der Waals surface area contributed by atoms with Gasteiger partial charge in [0.2, 0.25) is 0 Å². The summed E-state index contributed by atoms with van der Waals surface area (Å²) in [4.78, 5) is 0. The molecule has 0 saturated carbocycles. The molecule has 2 N–H and O–H groups in total. The molecule has 0 aromatic heterocycles. The van der Waals surface area contributed by atoms with Crippen LogP contribution in [0, 0.1) is 0 Å². The van der Waals surface area contributed by atoms with Crippen molar-refractivity contribution >= 4 is 8.65 Å². The van der Waals surface area contributed by atoms with Crippen molar-refractivity contribution in [2.75, 3.05) is 0 Å². The van der Waals surface area contributed by atoms with Gasteiger partial charge in [-0.05, 0) is 0 Å². The van der Waals surface area contributed by atoms with E-state index in [4.69, 9.17) is 0 Å². The second kappa shape index (κ2) is 23.2. The fourth-order valence-corrected chi connectivity index (χ4v) is 0. The number of hydrogen-bond acceptors (Lipinski definition) is 1. The summed E-state index contributed by atoms with van der Waals surface area (Å²) < 4.78 is 0. The summed E-state index contributed by atoms with van der Waals surface area (Å²) in [5.41, 5.74) is 0. The predicted octanol–water partition coefficient (Wildman–Crippen LogP) is -0.181. The Morgan fingerprint density at radius 2 is 1.25 bits per heavy atom. The fraction of sp³-hybridized carbons (Fsp3) is 0. The van der Waals surface area contributed by atoms with Crippen LogP contribution in [-0.2, 0) is 40.5 Å². The van der Waals surface area contributed by atoms with Gasteiger partial charge in [0, 0.05) is 16.8 Å².